The summed E-state index contributed by atoms with van der Waals surface area (Å²) in [6.45, 7) is 3.67. The Bertz CT molecular complexity index is 643. The molecule has 1 saturated heterocycles. The zero-order valence-electron chi connectivity index (χ0n) is 13.0. The molecule has 7 heteroatoms. The van der Waals surface area contributed by atoms with E-state index in [1.807, 2.05) is 23.9 Å². The second-order valence-electron chi connectivity index (χ2n) is 5.80. The van der Waals surface area contributed by atoms with Gasteiger partial charge in [-0.05, 0) is 44.5 Å². The van der Waals surface area contributed by atoms with E-state index in [0.29, 0.717) is 16.9 Å². The molecule has 3 rings (SSSR count). The molecule has 6 nitrogen and oxygen atoms in total. The molecular weight excluding hydrogens is 314 g/mol. The first kappa shape index (κ1) is 16.0. The van der Waals surface area contributed by atoms with E-state index in [0.717, 1.165) is 25.9 Å². The first-order valence-corrected chi connectivity index (χ1v) is 8.17. The lowest BCUT2D eigenvalue weighted by molar-refractivity contribution is -0.121. The highest BCUT2D eigenvalue weighted by Crippen LogP contribution is 2.22. The quantitative estimate of drug-likeness (QED) is 0.934. The zero-order chi connectivity index (χ0) is 16.2. The van der Waals surface area contributed by atoms with Crippen molar-refractivity contribution in [2.24, 2.45) is 0 Å². The fourth-order valence-electron chi connectivity index (χ4n) is 2.89. The van der Waals surface area contributed by atoms with Crippen LogP contribution < -0.4 is 5.32 Å². The number of rotatable bonds is 4. The number of amides is 1. The van der Waals surface area contributed by atoms with Crippen molar-refractivity contribution in [2.75, 3.05) is 18.4 Å². The Labute approximate surface area is 140 Å². The minimum atomic E-state index is -0.217. The lowest BCUT2D eigenvalue weighted by Gasteiger charge is -2.36. The average molecular weight is 334 g/mol. The van der Waals surface area contributed by atoms with Crippen molar-refractivity contribution in [1.82, 2.24) is 19.7 Å². The lowest BCUT2D eigenvalue weighted by Crippen LogP contribution is -2.47. The molecule has 23 heavy (non-hydrogen) atoms. The molecule has 122 valence electrons. The van der Waals surface area contributed by atoms with E-state index in [1.165, 1.54) is 6.20 Å². The molecular formula is C16H20ClN5O. The van der Waals surface area contributed by atoms with Crippen molar-refractivity contribution in [3.05, 3.63) is 41.8 Å². The van der Waals surface area contributed by atoms with E-state index in [4.69, 9.17) is 11.6 Å². The van der Waals surface area contributed by atoms with Crippen LogP contribution in [0.25, 0.3) is 0 Å². The minimum Gasteiger partial charge on any atom is -0.309 e. The molecule has 0 radical (unpaired) electrons. The smallest absolute Gasteiger partial charge is 0.242 e. The van der Waals surface area contributed by atoms with Crippen LogP contribution in [-0.2, 0) is 4.79 Å². The number of piperidine rings is 1. The topological polar surface area (TPSA) is 63.1 Å². The number of aromatic nitrogens is 3. The standard InChI is InChI=1S/C16H20ClN5O/c1-12(16(23)20-15-6-5-13(17)10-18-15)21-8-2-4-14(11-21)22-9-3-7-19-22/h3,5-7,9-10,12,14H,2,4,8,11H2,1H3,(H,18,20,23)/t12-,14+/m0/s1. The Morgan fingerprint density at radius 1 is 1.48 bits per heavy atom. The summed E-state index contributed by atoms with van der Waals surface area (Å²) >= 11 is 5.81. The summed E-state index contributed by atoms with van der Waals surface area (Å²) in [5, 5.41) is 7.71. The molecule has 1 fully saturated rings. The van der Waals surface area contributed by atoms with Crippen LogP contribution in [0.1, 0.15) is 25.8 Å². The fourth-order valence-corrected chi connectivity index (χ4v) is 3.01. The number of anilines is 1. The van der Waals surface area contributed by atoms with Crippen molar-refractivity contribution in [1.29, 1.82) is 0 Å². The van der Waals surface area contributed by atoms with Crippen LogP contribution in [0.3, 0.4) is 0 Å². The number of nitrogens with zero attached hydrogens (tertiary/aromatic N) is 4. The molecule has 1 N–H and O–H groups in total. The molecule has 0 saturated carbocycles. The number of carbonyl (C=O) groups is 1. The van der Waals surface area contributed by atoms with Crippen LogP contribution in [-0.4, -0.2) is 44.7 Å². The third-order valence-electron chi connectivity index (χ3n) is 4.23. The molecule has 1 amide bonds. The van der Waals surface area contributed by atoms with Crippen molar-refractivity contribution in [3.63, 3.8) is 0 Å². The number of pyridine rings is 1. The van der Waals surface area contributed by atoms with Gasteiger partial charge in [-0.1, -0.05) is 11.6 Å². The normalized spacial score (nSPS) is 20.2. The number of carbonyl (C=O) groups excluding carboxylic acids is 1. The maximum Gasteiger partial charge on any atom is 0.242 e. The van der Waals surface area contributed by atoms with E-state index in [2.05, 4.69) is 20.3 Å². The summed E-state index contributed by atoms with van der Waals surface area (Å²) in [7, 11) is 0. The van der Waals surface area contributed by atoms with Crippen LogP contribution in [0.2, 0.25) is 5.02 Å². The van der Waals surface area contributed by atoms with Gasteiger partial charge in [-0.15, -0.1) is 0 Å². The molecule has 0 aromatic carbocycles. The molecule has 3 heterocycles. The molecule has 2 aromatic heterocycles. The predicted octanol–water partition coefficient (Wildman–Crippen LogP) is 2.60. The van der Waals surface area contributed by atoms with Crippen molar-refractivity contribution in [3.8, 4) is 0 Å². The van der Waals surface area contributed by atoms with Gasteiger partial charge in [0.15, 0.2) is 0 Å². The van der Waals surface area contributed by atoms with Crippen LogP contribution in [0.4, 0.5) is 5.82 Å². The summed E-state index contributed by atoms with van der Waals surface area (Å²) in [5.41, 5.74) is 0. The summed E-state index contributed by atoms with van der Waals surface area (Å²) in [6, 6.07) is 5.45. The van der Waals surface area contributed by atoms with Gasteiger partial charge >= 0.3 is 0 Å². The van der Waals surface area contributed by atoms with Crippen molar-refractivity contribution < 1.29 is 4.79 Å². The maximum absolute atomic E-state index is 12.4. The van der Waals surface area contributed by atoms with Crippen LogP contribution in [0, 0.1) is 0 Å². The SMILES string of the molecule is C[C@@H](C(=O)Nc1ccc(Cl)cn1)N1CCC[C@@H](n2cccn2)C1. The second-order valence-corrected chi connectivity index (χ2v) is 6.24. The summed E-state index contributed by atoms with van der Waals surface area (Å²) in [4.78, 5) is 18.7. The minimum absolute atomic E-state index is 0.0547. The molecule has 0 bridgehead atoms. The van der Waals surface area contributed by atoms with Crippen molar-refractivity contribution >= 4 is 23.3 Å². The Morgan fingerprint density at radius 2 is 2.35 bits per heavy atom. The van der Waals surface area contributed by atoms with Gasteiger partial charge in [0.05, 0.1) is 17.1 Å². The van der Waals surface area contributed by atoms with Gasteiger partial charge in [-0.25, -0.2) is 4.98 Å². The highest BCUT2D eigenvalue weighted by molar-refractivity contribution is 6.30. The van der Waals surface area contributed by atoms with Gasteiger partial charge in [-0.2, -0.15) is 5.10 Å². The average Bonchev–Trinajstić information content (AvgIpc) is 3.11. The Balaban J connectivity index is 1.61. The van der Waals surface area contributed by atoms with Gasteiger partial charge in [0.2, 0.25) is 5.91 Å². The number of nitrogens with one attached hydrogen (secondary N) is 1. The van der Waals surface area contributed by atoms with Gasteiger partial charge in [0.1, 0.15) is 5.82 Å². The van der Waals surface area contributed by atoms with Gasteiger partial charge < -0.3 is 5.32 Å². The van der Waals surface area contributed by atoms with Gasteiger partial charge in [0.25, 0.3) is 0 Å². The Morgan fingerprint density at radius 3 is 3.04 bits per heavy atom. The third-order valence-corrected chi connectivity index (χ3v) is 4.46. The first-order valence-electron chi connectivity index (χ1n) is 7.79. The zero-order valence-corrected chi connectivity index (χ0v) is 13.8. The largest absolute Gasteiger partial charge is 0.309 e. The fraction of sp³-hybridized carbons (Fsp3) is 0.438. The summed E-state index contributed by atoms with van der Waals surface area (Å²) < 4.78 is 1.98. The number of halogens is 1. The number of hydrogen-bond acceptors (Lipinski definition) is 4. The van der Waals surface area contributed by atoms with Gasteiger partial charge in [0, 0.05) is 25.1 Å². The monoisotopic (exact) mass is 333 g/mol. The Kier molecular flexibility index (Phi) is 4.93. The number of likely N-dealkylation sites (tertiary alicyclic amines) is 1. The van der Waals surface area contributed by atoms with Gasteiger partial charge in [-0.3, -0.25) is 14.4 Å². The molecule has 0 spiro atoms. The van der Waals surface area contributed by atoms with Crippen LogP contribution >= 0.6 is 11.6 Å². The van der Waals surface area contributed by atoms with E-state index in [9.17, 15) is 4.79 Å². The second kappa shape index (κ2) is 7.10. The maximum atomic E-state index is 12.4. The summed E-state index contributed by atoms with van der Waals surface area (Å²) in [5.74, 6) is 0.466. The molecule has 1 aliphatic heterocycles. The highest BCUT2D eigenvalue weighted by atomic mass is 35.5. The van der Waals surface area contributed by atoms with Crippen molar-refractivity contribution in [2.45, 2.75) is 31.8 Å². The van der Waals surface area contributed by atoms with E-state index in [-0.39, 0.29) is 11.9 Å². The predicted molar refractivity (Wildman–Crippen MR) is 89.4 cm³/mol. The lowest BCUT2D eigenvalue weighted by atomic mass is 10.0. The Hall–Kier alpha value is -1.92. The summed E-state index contributed by atoms with van der Waals surface area (Å²) in [6.07, 6.45) is 7.45. The molecule has 0 unspecified atom stereocenters. The van der Waals surface area contributed by atoms with Crippen LogP contribution in [0.5, 0.6) is 0 Å². The molecule has 1 aliphatic rings. The van der Waals surface area contributed by atoms with E-state index in [1.54, 1.807) is 18.3 Å². The van der Waals surface area contributed by atoms with Crippen LogP contribution in [0.15, 0.2) is 36.8 Å². The highest BCUT2D eigenvalue weighted by Gasteiger charge is 2.28. The third kappa shape index (κ3) is 3.89. The first-order chi connectivity index (χ1) is 11.1. The van der Waals surface area contributed by atoms with E-state index < -0.39 is 0 Å². The molecule has 2 atom stereocenters. The van der Waals surface area contributed by atoms with E-state index >= 15 is 0 Å². The number of hydrogen-bond donors (Lipinski definition) is 1. The molecule has 2 aromatic rings. The molecule has 0 aliphatic carbocycles.